The van der Waals surface area contributed by atoms with E-state index in [-0.39, 0.29) is 16.9 Å². The monoisotopic (exact) mass is 390 g/mol. The number of anilines is 2. The van der Waals surface area contributed by atoms with E-state index < -0.39 is 10.0 Å². The van der Waals surface area contributed by atoms with Crippen LogP contribution in [0.4, 0.5) is 16.4 Å². The summed E-state index contributed by atoms with van der Waals surface area (Å²) in [6, 6.07) is 7.17. The van der Waals surface area contributed by atoms with Crippen LogP contribution in [-0.4, -0.2) is 44.1 Å². The van der Waals surface area contributed by atoms with Crippen LogP contribution >= 0.6 is 0 Å². The Hall–Kier alpha value is -2.72. The highest BCUT2D eigenvalue weighted by molar-refractivity contribution is 7.92. The average Bonchev–Trinajstić information content (AvgIpc) is 2.68. The first-order chi connectivity index (χ1) is 13.0. The van der Waals surface area contributed by atoms with Crippen molar-refractivity contribution >= 4 is 27.7 Å². The highest BCUT2D eigenvalue weighted by atomic mass is 32.2. The van der Waals surface area contributed by atoms with Gasteiger partial charge in [-0.25, -0.2) is 27.9 Å². The lowest BCUT2D eigenvalue weighted by Crippen LogP contribution is -2.37. The molecule has 4 N–H and O–H groups in total. The number of nitrogens with one attached hydrogen (secondary N) is 4. The smallest absolute Gasteiger partial charge is 0.319 e. The van der Waals surface area contributed by atoms with E-state index in [1.165, 1.54) is 36.7 Å². The predicted molar refractivity (Wildman–Crippen MR) is 102 cm³/mol. The number of carbonyl (C=O) groups excluding carboxylic acids is 1. The number of hydrogen-bond acceptors (Lipinski definition) is 6. The molecule has 0 aliphatic carbocycles. The Morgan fingerprint density at radius 2 is 1.78 bits per heavy atom. The quantitative estimate of drug-likeness (QED) is 0.591. The fourth-order valence-corrected chi connectivity index (χ4v) is 3.70. The van der Waals surface area contributed by atoms with Crippen molar-refractivity contribution in [1.82, 2.24) is 20.6 Å². The molecule has 1 aliphatic heterocycles. The van der Waals surface area contributed by atoms with Crippen LogP contribution in [0.3, 0.4) is 0 Å². The van der Waals surface area contributed by atoms with Gasteiger partial charge in [-0.2, -0.15) is 0 Å². The van der Waals surface area contributed by atoms with Crippen LogP contribution in [0.1, 0.15) is 12.8 Å². The molecule has 0 radical (unpaired) electrons. The number of amides is 2. The lowest BCUT2D eigenvalue weighted by Gasteiger charge is -2.22. The molecule has 10 heteroatoms. The Bertz CT molecular complexity index is 852. The molecule has 2 heterocycles. The van der Waals surface area contributed by atoms with Crippen LogP contribution in [0.5, 0.6) is 0 Å². The van der Waals surface area contributed by atoms with Crippen LogP contribution in [0.2, 0.25) is 0 Å². The summed E-state index contributed by atoms with van der Waals surface area (Å²) in [6.45, 7) is 2.58. The Kier molecular flexibility index (Phi) is 6.20. The molecule has 2 aromatic rings. The second-order valence-corrected chi connectivity index (χ2v) is 7.91. The zero-order valence-electron chi connectivity index (χ0n) is 14.7. The predicted octanol–water partition coefficient (Wildman–Crippen LogP) is 1.40. The maximum Gasteiger partial charge on any atom is 0.319 e. The molecule has 0 spiro atoms. The molecule has 3 rings (SSSR count). The Balaban J connectivity index is 1.54. The maximum atomic E-state index is 12.3. The third-order valence-corrected chi connectivity index (χ3v) is 5.57. The zero-order chi connectivity index (χ0) is 19.1. The highest BCUT2D eigenvalue weighted by Crippen LogP contribution is 2.16. The largest absolute Gasteiger partial charge is 0.338 e. The van der Waals surface area contributed by atoms with Crippen molar-refractivity contribution in [3.8, 4) is 0 Å². The number of benzene rings is 1. The van der Waals surface area contributed by atoms with Crippen LogP contribution in [0.25, 0.3) is 0 Å². The van der Waals surface area contributed by atoms with E-state index in [1.807, 2.05) is 0 Å². The van der Waals surface area contributed by atoms with Crippen molar-refractivity contribution < 1.29 is 13.2 Å². The molecule has 144 valence electrons. The fraction of sp³-hybridized carbons (Fsp3) is 0.353. The number of piperidine rings is 1. The van der Waals surface area contributed by atoms with E-state index in [0.717, 1.165) is 25.9 Å². The van der Waals surface area contributed by atoms with Gasteiger partial charge < -0.3 is 16.0 Å². The summed E-state index contributed by atoms with van der Waals surface area (Å²) in [5, 5.41) is 8.84. The van der Waals surface area contributed by atoms with Crippen molar-refractivity contribution in [3.05, 3.63) is 42.7 Å². The number of rotatable bonds is 6. The maximum absolute atomic E-state index is 12.3. The SMILES string of the molecule is O=C(NCC1CCNCC1)Nc1ccc(S(=O)(=O)Nc2ncccn2)cc1. The molecule has 1 fully saturated rings. The van der Waals surface area contributed by atoms with Gasteiger partial charge in [0.2, 0.25) is 5.95 Å². The van der Waals surface area contributed by atoms with Crippen molar-refractivity contribution in [2.24, 2.45) is 5.92 Å². The van der Waals surface area contributed by atoms with E-state index in [0.29, 0.717) is 18.2 Å². The number of urea groups is 1. The number of hydrogen-bond donors (Lipinski definition) is 4. The molecule has 27 heavy (non-hydrogen) atoms. The van der Waals surface area contributed by atoms with Gasteiger partial charge in [0.05, 0.1) is 4.90 Å². The Morgan fingerprint density at radius 1 is 1.11 bits per heavy atom. The summed E-state index contributed by atoms with van der Waals surface area (Å²) < 4.78 is 26.9. The van der Waals surface area contributed by atoms with E-state index in [4.69, 9.17) is 0 Å². The van der Waals surface area contributed by atoms with Crippen molar-refractivity contribution in [3.63, 3.8) is 0 Å². The molecule has 1 aliphatic rings. The van der Waals surface area contributed by atoms with E-state index in [9.17, 15) is 13.2 Å². The summed E-state index contributed by atoms with van der Waals surface area (Å²) >= 11 is 0. The normalized spacial score (nSPS) is 15.1. The van der Waals surface area contributed by atoms with Gasteiger partial charge in [-0.05, 0) is 62.2 Å². The van der Waals surface area contributed by atoms with Gasteiger partial charge in [0, 0.05) is 24.6 Å². The second-order valence-electron chi connectivity index (χ2n) is 6.23. The molecule has 0 unspecified atom stereocenters. The third-order valence-electron chi connectivity index (χ3n) is 4.22. The lowest BCUT2D eigenvalue weighted by molar-refractivity contribution is 0.248. The minimum Gasteiger partial charge on any atom is -0.338 e. The molecular weight excluding hydrogens is 368 g/mol. The van der Waals surface area contributed by atoms with Crippen LogP contribution < -0.4 is 20.7 Å². The van der Waals surface area contributed by atoms with Gasteiger partial charge in [0.1, 0.15) is 0 Å². The zero-order valence-corrected chi connectivity index (χ0v) is 15.5. The molecular formula is C17H22N6O3S. The van der Waals surface area contributed by atoms with Gasteiger partial charge in [-0.1, -0.05) is 0 Å². The van der Waals surface area contributed by atoms with Crippen molar-refractivity contribution in [1.29, 1.82) is 0 Å². The highest BCUT2D eigenvalue weighted by Gasteiger charge is 2.16. The molecule has 9 nitrogen and oxygen atoms in total. The topological polar surface area (TPSA) is 125 Å². The molecule has 1 aromatic heterocycles. The second kappa shape index (κ2) is 8.78. The first-order valence-corrected chi connectivity index (χ1v) is 10.2. The molecule has 1 saturated heterocycles. The van der Waals surface area contributed by atoms with E-state index in [2.05, 4.69) is 30.6 Å². The molecule has 0 saturated carbocycles. The summed E-state index contributed by atoms with van der Waals surface area (Å²) in [6.07, 6.45) is 4.98. The minimum atomic E-state index is -3.79. The fourth-order valence-electron chi connectivity index (χ4n) is 2.75. The summed E-state index contributed by atoms with van der Waals surface area (Å²) in [4.78, 5) is 19.7. The van der Waals surface area contributed by atoms with E-state index >= 15 is 0 Å². The molecule has 0 atom stereocenters. The van der Waals surface area contributed by atoms with Gasteiger partial charge in [0.25, 0.3) is 10.0 Å². The first-order valence-electron chi connectivity index (χ1n) is 8.68. The van der Waals surface area contributed by atoms with Gasteiger partial charge >= 0.3 is 6.03 Å². The molecule has 2 amide bonds. The van der Waals surface area contributed by atoms with E-state index in [1.54, 1.807) is 6.07 Å². The van der Waals surface area contributed by atoms with Crippen LogP contribution in [0.15, 0.2) is 47.6 Å². The molecule has 1 aromatic carbocycles. The first kappa shape index (κ1) is 19.1. The summed E-state index contributed by atoms with van der Waals surface area (Å²) in [5.41, 5.74) is 0.507. The Morgan fingerprint density at radius 3 is 2.44 bits per heavy atom. The summed E-state index contributed by atoms with van der Waals surface area (Å²) in [7, 11) is -3.79. The van der Waals surface area contributed by atoms with Gasteiger partial charge in [-0.3, -0.25) is 0 Å². The minimum absolute atomic E-state index is 0.00279. The number of carbonyl (C=O) groups is 1. The van der Waals surface area contributed by atoms with Crippen molar-refractivity contribution in [2.75, 3.05) is 29.7 Å². The van der Waals surface area contributed by atoms with Crippen molar-refractivity contribution in [2.45, 2.75) is 17.7 Å². The standard InChI is InChI=1S/C17H22N6O3S/c24-17(21-12-13-6-10-18-11-7-13)22-14-2-4-15(5-3-14)27(25,26)23-16-19-8-1-9-20-16/h1-5,8-9,13,18H,6-7,10-12H2,(H,19,20,23)(H2,21,22,24). The number of nitrogens with zero attached hydrogens (tertiary/aromatic N) is 2. The molecule has 0 bridgehead atoms. The lowest BCUT2D eigenvalue weighted by atomic mass is 9.98. The number of sulfonamides is 1. The van der Waals surface area contributed by atoms with Gasteiger partial charge in [-0.15, -0.1) is 0 Å². The third kappa shape index (κ3) is 5.63. The van der Waals surface area contributed by atoms with Gasteiger partial charge in [0.15, 0.2) is 0 Å². The summed E-state index contributed by atoms with van der Waals surface area (Å²) in [5.74, 6) is 0.479. The Labute approximate surface area is 158 Å². The average molecular weight is 390 g/mol. The van der Waals surface area contributed by atoms with Crippen LogP contribution in [-0.2, 0) is 10.0 Å². The number of aromatic nitrogens is 2. The van der Waals surface area contributed by atoms with Crippen LogP contribution in [0, 0.1) is 5.92 Å².